The van der Waals surface area contributed by atoms with Gasteiger partial charge in [-0.05, 0) is 37.1 Å². The molecule has 2 bridgehead atoms. The summed E-state index contributed by atoms with van der Waals surface area (Å²) in [6, 6.07) is 15.0. The number of benzene rings is 2. The molecule has 0 radical (unpaired) electrons. The first-order valence-corrected chi connectivity index (χ1v) is 16.1. The van der Waals surface area contributed by atoms with Crippen molar-refractivity contribution >= 4 is 50.4 Å². The van der Waals surface area contributed by atoms with Gasteiger partial charge >= 0.3 is 0 Å². The van der Waals surface area contributed by atoms with Crippen molar-refractivity contribution in [3.63, 3.8) is 0 Å². The lowest BCUT2D eigenvalue weighted by molar-refractivity contribution is -0.152. The van der Waals surface area contributed by atoms with E-state index < -0.39 is 35.6 Å². The minimum atomic E-state index is -1.28. The maximum Gasteiger partial charge on any atom is 0.250 e. The number of rotatable bonds is 12. The van der Waals surface area contributed by atoms with Crippen LogP contribution in [0.4, 0.5) is 5.69 Å². The summed E-state index contributed by atoms with van der Waals surface area (Å²) in [5, 5.41) is 18.9. The summed E-state index contributed by atoms with van der Waals surface area (Å²) in [7, 11) is 0. The molecule has 0 saturated carbocycles. The molecule has 4 heterocycles. The predicted octanol–water partition coefficient (Wildman–Crippen LogP) is 3.14. The van der Waals surface area contributed by atoms with Crippen molar-refractivity contribution in [2.45, 2.75) is 55.0 Å². The molecule has 11 nitrogen and oxygen atoms in total. The van der Waals surface area contributed by atoms with E-state index in [1.165, 1.54) is 4.90 Å². The molecule has 7 atom stereocenters. The van der Waals surface area contributed by atoms with E-state index in [1.807, 2.05) is 61.5 Å². The Morgan fingerprint density at radius 1 is 1.13 bits per heavy atom. The number of fused-ring (bicyclic) bond motifs is 2. The van der Waals surface area contributed by atoms with Gasteiger partial charge in [-0.2, -0.15) is 0 Å². The van der Waals surface area contributed by atoms with Gasteiger partial charge in [-0.15, -0.1) is 18.3 Å². The number of hydrogen-bond donors (Lipinski definition) is 1. The lowest BCUT2D eigenvalue weighted by Gasteiger charge is -2.39. The first-order valence-electron chi connectivity index (χ1n) is 15.2. The highest BCUT2D eigenvalue weighted by Crippen LogP contribution is 2.61. The summed E-state index contributed by atoms with van der Waals surface area (Å²) >= 11 is 3.75. The Morgan fingerprint density at radius 3 is 2.53 bits per heavy atom. The van der Waals surface area contributed by atoms with Crippen molar-refractivity contribution in [2.75, 3.05) is 24.6 Å². The van der Waals surface area contributed by atoms with Crippen LogP contribution in [-0.4, -0.2) is 95.9 Å². The van der Waals surface area contributed by atoms with Crippen molar-refractivity contribution in [3.05, 3.63) is 79.9 Å². The van der Waals surface area contributed by atoms with Gasteiger partial charge in [-0.25, -0.2) is 4.68 Å². The van der Waals surface area contributed by atoms with Crippen molar-refractivity contribution in [3.8, 4) is 0 Å². The molecule has 1 spiro atoms. The Labute approximate surface area is 270 Å². The molecule has 6 rings (SSSR count). The topological polar surface area (TPSA) is 121 Å². The third kappa shape index (κ3) is 4.99. The normalized spacial score (nSPS) is 27.4. The van der Waals surface area contributed by atoms with Crippen molar-refractivity contribution in [2.24, 2.45) is 11.8 Å². The summed E-state index contributed by atoms with van der Waals surface area (Å²) in [4.78, 5) is 48.2. The summed E-state index contributed by atoms with van der Waals surface area (Å²) in [6.07, 6.45) is 3.41. The molecule has 3 amide bonds. The molecule has 3 fully saturated rings. The van der Waals surface area contributed by atoms with Gasteiger partial charge in [-0.1, -0.05) is 70.6 Å². The van der Waals surface area contributed by atoms with Gasteiger partial charge in [0.1, 0.15) is 23.8 Å². The molecular weight excluding hydrogens is 640 g/mol. The van der Waals surface area contributed by atoms with Crippen LogP contribution in [0.3, 0.4) is 0 Å². The smallest absolute Gasteiger partial charge is 0.250 e. The van der Waals surface area contributed by atoms with Gasteiger partial charge in [0.25, 0.3) is 0 Å². The summed E-state index contributed by atoms with van der Waals surface area (Å²) < 4.78 is 8.36. The molecule has 236 valence electrons. The SMILES string of the molecule is C=CCN(Cn1nnc2ccccc21)C(=O)C1N([C@@H](CC)CO)C(=O)[C@@H]2[C@H](C(=O)N(CC=C)c3ccccc3)[C@H]3OC12CC3Br. The quantitative estimate of drug-likeness (QED) is 0.231. The molecular formula is C33H37BrN6O5. The number of nitrogens with zero attached hydrogens (tertiary/aromatic N) is 6. The second-order valence-corrected chi connectivity index (χ2v) is 13.0. The number of likely N-dealkylation sites (tertiary alicyclic amines) is 1. The second-order valence-electron chi connectivity index (χ2n) is 11.8. The van der Waals surface area contributed by atoms with Gasteiger partial charge < -0.3 is 24.5 Å². The predicted molar refractivity (Wildman–Crippen MR) is 172 cm³/mol. The van der Waals surface area contributed by atoms with Crippen LogP contribution in [0.15, 0.2) is 79.9 Å². The van der Waals surface area contributed by atoms with Crippen LogP contribution in [0.5, 0.6) is 0 Å². The average Bonchev–Trinajstić information content (AvgIpc) is 3.77. The summed E-state index contributed by atoms with van der Waals surface area (Å²) in [5.74, 6) is -2.74. The average molecular weight is 678 g/mol. The van der Waals surface area contributed by atoms with Crippen LogP contribution in [0.1, 0.15) is 19.8 Å². The molecule has 1 aromatic heterocycles. The Bertz CT molecular complexity index is 1610. The van der Waals surface area contributed by atoms with E-state index in [0.717, 1.165) is 5.52 Å². The number of aromatic nitrogens is 3. The van der Waals surface area contributed by atoms with Crippen LogP contribution in [0.25, 0.3) is 11.0 Å². The molecule has 3 saturated heterocycles. The number of aliphatic hydroxyl groups excluding tert-OH is 1. The zero-order valence-electron chi connectivity index (χ0n) is 25.1. The van der Waals surface area contributed by atoms with Crippen molar-refractivity contribution < 1.29 is 24.2 Å². The molecule has 2 aromatic carbocycles. The van der Waals surface area contributed by atoms with Crippen LogP contribution >= 0.6 is 15.9 Å². The minimum Gasteiger partial charge on any atom is -0.394 e. The maximum absolute atomic E-state index is 14.8. The first-order chi connectivity index (χ1) is 21.8. The lowest BCUT2D eigenvalue weighted by Crippen LogP contribution is -2.59. The number of carbonyl (C=O) groups is 3. The van der Waals surface area contributed by atoms with E-state index in [4.69, 9.17) is 4.74 Å². The van der Waals surface area contributed by atoms with Gasteiger partial charge in [0.15, 0.2) is 0 Å². The molecule has 12 heteroatoms. The monoisotopic (exact) mass is 676 g/mol. The van der Waals surface area contributed by atoms with Crippen molar-refractivity contribution in [1.82, 2.24) is 24.8 Å². The number of ether oxygens (including phenoxy) is 1. The third-order valence-corrected chi connectivity index (χ3v) is 10.2. The largest absolute Gasteiger partial charge is 0.394 e. The molecule has 3 unspecified atom stereocenters. The highest BCUT2D eigenvalue weighted by Gasteiger charge is 2.77. The number of amides is 3. The van der Waals surface area contributed by atoms with Gasteiger partial charge in [-0.3, -0.25) is 14.4 Å². The summed E-state index contributed by atoms with van der Waals surface area (Å²) in [5.41, 5.74) is 0.842. The zero-order valence-corrected chi connectivity index (χ0v) is 26.7. The van der Waals surface area contributed by atoms with Gasteiger partial charge in [0, 0.05) is 23.6 Å². The lowest BCUT2D eigenvalue weighted by atomic mass is 9.70. The first kappa shape index (κ1) is 31.1. The number of anilines is 1. The Morgan fingerprint density at radius 2 is 1.84 bits per heavy atom. The maximum atomic E-state index is 14.8. The third-order valence-electron chi connectivity index (χ3n) is 9.35. The molecule has 3 aliphatic rings. The molecule has 0 aliphatic carbocycles. The molecule has 45 heavy (non-hydrogen) atoms. The standard InChI is InChI=1S/C33H37BrN6O5/c1-4-16-37(20-39-25-15-11-10-14-24(25)35-36-39)32(44)29-33-18-23(34)28(45-33)26(27(33)31(43)40(29)21(6-3)19-41)30(42)38(17-5-2)22-12-8-7-9-13-22/h4-5,7-15,21,23,26-29,41H,1-2,6,16-20H2,3H3/t21-,23?,26-,27-,28-,29?,33?/m0/s1. The number of alkyl halides is 1. The number of aliphatic hydroxyl groups is 1. The highest BCUT2D eigenvalue weighted by molar-refractivity contribution is 9.09. The van der Waals surface area contributed by atoms with E-state index in [9.17, 15) is 19.5 Å². The molecule has 3 aliphatic heterocycles. The van der Waals surface area contributed by atoms with Crippen molar-refractivity contribution in [1.29, 1.82) is 0 Å². The van der Waals surface area contributed by atoms with Gasteiger partial charge in [0.05, 0.1) is 36.1 Å². The summed E-state index contributed by atoms with van der Waals surface area (Å²) in [6.45, 7) is 9.72. The van der Waals surface area contributed by atoms with E-state index >= 15 is 0 Å². The van der Waals surface area contributed by atoms with Crippen LogP contribution in [0.2, 0.25) is 0 Å². The Hall–Kier alpha value is -3.87. The molecule has 3 aromatic rings. The van der Waals surface area contributed by atoms with E-state index in [2.05, 4.69) is 39.4 Å². The highest BCUT2D eigenvalue weighted by atomic mass is 79.9. The Balaban J connectivity index is 1.42. The second kappa shape index (κ2) is 12.5. The number of halogens is 1. The fourth-order valence-electron chi connectivity index (χ4n) is 7.41. The molecule has 1 N–H and O–H groups in total. The number of carbonyl (C=O) groups excluding carboxylic acids is 3. The number of para-hydroxylation sites is 2. The Kier molecular flexibility index (Phi) is 8.64. The minimum absolute atomic E-state index is 0.0607. The fraction of sp³-hybridized carbons (Fsp3) is 0.424. The van der Waals surface area contributed by atoms with Crippen LogP contribution < -0.4 is 4.90 Å². The van der Waals surface area contributed by atoms with Gasteiger partial charge in [0.2, 0.25) is 17.7 Å². The van der Waals surface area contributed by atoms with E-state index in [1.54, 1.807) is 26.6 Å². The van der Waals surface area contributed by atoms with Crippen LogP contribution in [0, 0.1) is 11.8 Å². The van der Waals surface area contributed by atoms with Crippen LogP contribution in [-0.2, 0) is 25.8 Å². The number of hydrogen-bond acceptors (Lipinski definition) is 7. The van der Waals surface area contributed by atoms with E-state index in [-0.39, 0.29) is 48.9 Å². The fourth-order valence-corrected chi connectivity index (χ4v) is 8.35. The zero-order chi connectivity index (χ0) is 31.9. The van der Waals surface area contributed by atoms with E-state index in [0.29, 0.717) is 24.0 Å².